The van der Waals surface area contributed by atoms with Crippen LogP contribution in [0.2, 0.25) is 0 Å². The molecule has 92 valence electrons. The highest BCUT2D eigenvalue weighted by molar-refractivity contribution is 5.82. The Bertz CT molecular complexity index is 693. The summed E-state index contributed by atoms with van der Waals surface area (Å²) in [6, 6.07) is 24.5. The van der Waals surface area contributed by atoms with Gasteiger partial charge in [-0.15, -0.1) is 0 Å². The van der Waals surface area contributed by atoms with Gasteiger partial charge in [-0.1, -0.05) is 65.8 Å². The van der Waals surface area contributed by atoms with Gasteiger partial charge in [-0.3, -0.25) is 0 Å². The zero-order valence-corrected chi connectivity index (χ0v) is 10.4. The summed E-state index contributed by atoms with van der Waals surface area (Å²) >= 11 is 0. The van der Waals surface area contributed by atoms with E-state index < -0.39 is 0 Å². The quantitative estimate of drug-likeness (QED) is 0.451. The van der Waals surface area contributed by atoms with Crippen LogP contribution in [0.3, 0.4) is 0 Å². The van der Waals surface area contributed by atoms with Gasteiger partial charge in [0.15, 0.2) is 0 Å². The lowest BCUT2D eigenvalue weighted by Crippen LogP contribution is -1.67. The molecule has 0 saturated heterocycles. The van der Waals surface area contributed by atoms with Crippen molar-refractivity contribution in [2.75, 3.05) is 0 Å². The maximum Gasteiger partial charge on any atom is 0.131 e. The van der Waals surface area contributed by atoms with Gasteiger partial charge < -0.3 is 4.52 Å². The zero-order valence-electron chi connectivity index (χ0n) is 10.4. The predicted molar refractivity (Wildman–Crippen MR) is 78.0 cm³/mol. The Labute approximate surface area is 111 Å². The van der Waals surface area contributed by atoms with Gasteiger partial charge in [0.1, 0.15) is 11.8 Å². The van der Waals surface area contributed by atoms with E-state index in [1.165, 1.54) is 10.8 Å². The van der Waals surface area contributed by atoms with Crippen molar-refractivity contribution in [3.8, 4) is 0 Å². The minimum absolute atomic E-state index is 0.914. The Morgan fingerprint density at radius 1 is 0.579 bits per heavy atom. The molecule has 4 aromatic rings. The molecule has 0 unspecified atom stereocenters. The molecule has 0 spiro atoms. The second-order valence-electron chi connectivity index (χ2n) is 4.22. The molecule has 0 saturated carbocycles. The number of nitrogens with zero attached hydrogens (tertiary/aromatic N) is 1. The van der Waals surface area contributed by atoms with E-state index in [4.69, 9.17) is 4.52 Å². The number of hydrogen-bond acceptors (Lipinski definition) is 2. The normalized spacial score (nSPS) is 10.1. The first-order valence-corrected chi connectivity index (χ1v) is 6.16. The lowest BCUT2D eigenvalue weighted by atomic mass is 10.1. The van der Waals surface area contributed by atoms with Crippen LogP contribution in [0.25, 0.3) is 21.7 Å². The third kappa shape index (κ3) is 2.63. The Morgan fingerprint density at radius 2 is 1.05 bits per heavy atom. The number of fused-ring (bicyclic) bond motifs is 2. The number of aromatic nitrogens is 1. The summed E-state index contributed by atoms with van der Waals surface area (Å²) in [5, 5.41) is 7.42. The number of benzene rings is 3. The summed E-state index contributed by atoms with van der Waals surface area (Å²) in [6.07, 6.45) is 1.63. The molecule has 0 aliphatic carbocycles. The average molecular weight is 247 g/mol. The first kappa shape index (κ1) is 11.5. The van der Waals surface area contributed by atoms with Crippen LogP contribution in [0.1, 0.15) is 0 Å². The van der Waals surface area contributed by atoms with Crippen LogP contribution < -0.4 is 0 Å². The topological polar surface area (TPSA) is 26.0 Å². The molecule has 0 bridgehead atoms. The molecule has 0 atom stereocenters. The molecule has 3 aromatic carbocycles. The summed E-state index contributed by atoms with van der Waals surface area (Å²) in [6.45, 7) is 0. The zero-order chi connectivity index (χ0) is 12.9. The van der Waals surface area contributed by atoms with Crippen molar-refractivity contribution in [2.24, 2.45) is 0 Å². The Morgan fingerprint density at radius 3 is 1.58 bits per heavy atom. The maximum atomic E-state index is 4.71. The van der Waals surface area contributed by atoms with E-state index in [1.54, 1.807) is 6.26 Å². The van der Waals surface area contributed by atoms with Crippen molar-refractivity contribution in [2.45, 2.75) is 0 Å². The average Bonchev–Trinajstić information content (AvgIpc) is 2.96. The fourth-order valence-corrected chi connectivity index (χ4v) is 1.94. The third-order valence-electron chi connectivity index (χ3n) is 2.93. The lowest BCUT2D eigenvalue weighted by Gasteiger charge is -1.92. The standard InChI is InChI=1S/C10H8.C7H5NO/c1-2-6-10-8-4-3-7-9(10)5-1;1-2-4-7-6(3-1)5-9-8-7/h1-8H;1-5H. The van der Waals surface area contributed by atoms with Crippen molar-refractivity contribution < 1.29 is 4.52 Å². The van der Waals surface area contributed by atoms with Crippen LogP contribution in [0.4, 0.5) is 0 Å². The Hall–Kier alpha value is -2.61. The molecule has 0 aliphatic heterocycles. The van der Waals surface area contributed by atoms with Gasteiger partial charge in [0.25, 0.3) is 0 Å². The van der Waals surface area contributed by atoms with E-state index in [1.807, 2.05) is 24.3 Å². The third-order valence-corrected chi connectivity index (χ3v) is 2.93. The molecule has 2 nitrogen and oxygen atoms in total. The van der Waals surface area contributed by atoms with Gasteiger partial charge in [-0.2, -0.15) is 0 Å². The van der Waals surface area contributed by atoms with E-state index in [2.05, 4.69) is 53.7 Å². The lowest BCUT2D eigenvalue weighted by molar-refractivity contribution is 0.428. The SMILES string of the molecule is c1ccc2ccccc2c1.c1ccc2nocc2c1. The summed E-state index contributed by atoms with van der Waals surface area (Å²) in [5.41, 5.74) is 0.914. The van der Waals surface area contributed by atoms with Crippen molar-refractivity contribution in [1.29, 1.82) is 0 Å². The van der Waals surface area contributed by atoms with E-state index in [0.29, 0.717) is 0 Å². The van der Waals surface area contributed by atoms with Gasteiger partial charge in [-0.25, -0.2) is 0 Å². The van der Waals surface area contributed by atoms with Crippen molar-refractivity contribution in [1.82, 2.24) is 5.16 Å². The molecule has 0 amide bonds. The second-order valence-corrected chi connectivity index (χ2v) is 4.22. The number of rotatable bonds is 0. The van der Waals surface area contributed by atoms with Crippen LogP contribution >= 0.6 is 0 Å². The monoisotopic (exact) mass is 247 g/mol. The van der Waals surface area contributed by atoms with Crippen LogP contribution in [0.5, 0.6) is 0 Å². The van der Waals surface area contributed by atoms with Gasteiger partial charge in [-0.05, 0) is 22.9 Å². The molecular weight excluding hydrogens is 234 g/mol. The second kappa shape index (κ2) is 5.36. The molecule has 0 aliphatic rings. The summed E-state index contributed by atoms with van der Waals surface area (Å²) < 4.78 is 4.71. The van der Waals surface area contributed by atoms with E-state index in [-0.39, 0.29) is 0 Å². The van der Waals surface area contributed by atoms with Gasteiger partial charge in [0.2, 0.25) is 0 Å². The molecular formula is C17H13NO. The van der Waals surface area contributed by atoms with Crippen LogP contribution in [-0.2, 0) is 0 Å². The van der Waals surface area contributed by atoms with Gasteiger partial charge in [0, 0.05) is 5.39 Å². The van der Waals surface area contributed by atoms with E-state index >= 15 is 0 Å². The highest BCUT2D eigenvalue weighted by atomic mass is 16.5. The van der Waals surface area contributed by atoms with Gasteiger partial charge >= 0.3 is 0 Å². The summed E-state index contributed by atoms with van der Waals surface area (Å²) in [4.78, 5) is 0. The molecule has 1 aromatic heterocycles. The molecule has 19 heavy (non-hydrogen) atoms. The molecule has 2 heteroatoms. The predicted octanol–water partition coefficient (Wildman–Crippen LogP) is 4.67. The van der Waals surface area contributed by atoms with E-state index in [0.717, 1.165) is 10.9 Å². The van der Waals surface area contributed by atoms with Crippen LogP contribution in [-0.4, -0.2) is 5.16 Å². The van der Waals surface area contributed by atoms with Crippen LogP contribution in [0.15, 0.2) is 83.6 Å². The molecule has 4 rings (SSSR count). The molecule has 0 N–H and O–H groups in total. The minimum Gasteiger partial charge on any atom is -0.364 e. The molecule has 0 radical (unpaired) electrons. The molecule has 0 fully saturated rings. The Kier molecular flexibility index (Phi) is 3.24. The van der Waals surface area contributed by atoms with E-state index in [9.17, 15) is 0 Å². The molecule has 1 heterocycles. The fraction of sp³-hybridized carbons (Fsp3) is 0. The highest BCUT2D eigenvalue weighted by Crippen LogP contribution is 2.11. The van der Waals surface area contributed by atoms with Crippen molar-refractivity contribution >= 4 is 21.7 Å². The van der Waals surface area contributed by atoms with Gasteiger partial charge in [0.05, 0.1) is 0 Å². The van der Waals surface area contributed by atoms with Crippen molar-refractivity contribution in [3.63, 3.8) is 0 Å². The maximum absolute atomic E-state index is 4.71. The fourth-order valence-electron chi connectivity index (χ4n) is 1.94. The largest absolute Gasteiger partial charge is 0.364 e. The first-order valence-electron chi connectivity index (χ1n) is 6.16. The summed E-state index contributed by atoms with van der Waals surface area (Å²) in [5.74, 6) is 0. The first-order chi connectivity index (χ1) is 9.43. The van der Waals surface area contributed by atoms with Crippen molar-refractivity contribution in [3.05, 3.63) is 79.1 Å². The Balaban J connectivity index is 0.000000117. The highest BCUT2D eigenvalue weighted by Gasteiger charge is 1.91. The minimum atomic E-state index is 0.914. The number of hydrogen-bond donors (Lipinski definition) is 0. The van der Waals surface area contributed by atoms with Crippen LogP contribution in [0, 0.1) is 0 Å². The summed E-state index contributed by atoms with van der Waals surface area (Å²) in [7, 11) is 0. The smallest absolute Gasteiger partial charge is 0.131 e.